The van der Waals surface area contributed by atoms with Crippen LogP contribution < -0.4 is 10.6 Å². The first-order valence-corrected chi connectivity index (χ1v) is 5.77. The Balaban J connectivity index is 2.75. The van der Waals surface area contributed by atoms with Gasteiger partial charge in [-0.15, -0.1) is 0 Å². The van der Waals surface area contributed by atoms with E-state index in [4.69, 9.17) is 4.52 Å². The smallest absolute Gasteiger partial charge is 0.322 e. The van der Waals surface area contributed by atoms with Gasteiger partial charge in [0.05, 0.1) is 0 Å². The van der Waals surface area contributed by atoms with Crippen LogP contribution in [0.25, 0.3) is 0 Å². The standard InChI is InChI=1S/C11H20N4O2/c1-6(2)8(10(16)12-5)13-11-14-9(7(3)4)15-17-11/h6-8H,1-5H3,(H,12,16)(H,13,14,15). The van der Waals surface area contributed by atoms with Gasteiger partial charge in [-0.05, 0) is 5.92 Å². The SMILES string of the molecule is CNC(=O)C(Nc1nc(C(C)C)no1)C(C)C. The number of nitrogens with one attached hydrogen (secondary N) is 2. The molecular formula is C11H20N4O2. The van der Waals surface area contributed by atoms with Crippen LogP contribution >= 0.6 is 0 Å². The normalized spacial score (nSPS) is 12.9. The van der Waals surface area contributed by atoms with Crippen molar-refractivity contribution in [2.24, 2.45) is 5.92 Å². The van der Waals surface area contributed by atoms with Crippen LogP contribution in [0.3, 0.4) is 0 Å². The van der Waals surface area contributed by atoms with E-state index in [1.807, 2.05) is 27.7 Å². The second-order valence-electron chi connectivity index (χ2n) is 4.59. The third-order valence-corrected chi connectivity index (χ3v) is 2.43. The monoisotopic (exact) mass is 240 g/mol. The molecule has 0 saturated carbocycles. The average molecular weight is 240 g/mol. The fourth-order valence-corrected chi connectivity index (χ4v) is 1.35. The maximum atomic E-state index is 11.6. The molecule has 6 nitrogen and oxygen atoms in total. The average Bonchev–Trinajstić information content (AvgIpc) is 2.73. The Hall–Kier alpha value is -1.59. The summed E-state index contributed by atoms with van der Waals surface area (Å²) in [6, 6.07) is -0.0866. The molecule has 1 rings (SSSR count). The second-order valence-corrected chi connectivity index (χ2v) is 4.59. The molecule has 0 bridgehead atoms. The zero-order valence-electron chi connectivity index (χ0n) is 10.9. The van der Waals surface area contributed by atoms with E-state index in [2.05, 4.69) is 20.8 Å². The Labute approximate surface area is 101 Å². The van der Waals surface area contributed by atoms with Gasteiger partial charge in [0.25, 0.3) is 0 Å². The summed E-state index contributed by atoms with van der Waals surface area (Å²) in [7, 11) is 1.60. The minimum absolute atomic E-state index is 0.0932. The van der Waals surface area contributed by atoms with Crippen molar-refractivity contribution in [3.05, 3.63) is 5.82 Å². The molecule has 1 aromatic heterocycles. The molecule has 0 saturated heterocycles. The molecule has 1 amide bonds. The van der Waals surface area contributed by atoms with Gasteiger partial charge in [0.2, 0.25) is 5.91 Å². The zero-order valence-corrected chi connectivity index (χ0v) is 10.9. The lowest BCUT2D eigenvalue weighted by molar-refractivity contribution is -0.122. The van der Waals surface area contributed by atoms with Crippen molar-refractivity contribution in [3.63, 3.8) is 0 Å². The molecule has 2 N–H and O–H groups in total. The molecule has 0 radical (unpaired) electrons. The third kappa shape index (κ3) is 3.44. The van der Waals surface area contributed by atoms with Gasteiger partial charge in [-0.2, -0.15) is 4.98 Å². The lowest BCUT2D eigenvalue weighted by Crippen LogP contribution is -2.41. The number of amides is 1. The maximum Gasteiger partial charge on any atom is 0.322 e. The highest BCUT2D eigenvalue weighted by atomic mass is 16.5. The quantitative estimate of drug-likeness (QED) is 0.812. The van der Waals surface area contributed by atoms with Gasteiger partial charge in [0.1, 0.15) is 6.04 Å². The molecule has 96 valence electrons. The number of rotatable bonds is 5. The molecular weight excluding hydrogens is 220 g/mol. The van der Waals surface area contributed by atoms with E-state index in [9.17, 15) is 4.79 Å². The van der Waals surface area contributed by atoms with Crippen LogP contribution in [0.15, 0.2) is 4.52 Å². The van der Waals surface area contributed by atoms with Crippen LogP contribution in [0.2, 0.25) is 0 Å². The summed E-state index contributed by atoms with van der Waals surface area (Å²) in [5.74, 6) is 0.868. The largest absolute Gasteiger partial charge is 0.357 e. The van der Waals surface area contributed by atoms with Crippen LogP contribution in [0.4, 0.5) is 6.01 Å². The number of carbonyl (C=O) groups excluding carboxylic acids is 1. The highest BCUT2D eigenvalue weighted by Gasteiger charge is 2.23. The Kier molecular flexibility index (Phi) is 4.48. The number of hydrogen-bond acceptors (Lipinski definition) is 5. The van der Waals surface area contributed by atoms with E-state index in [-0.39, 0.29) is 29.8 Å². The van der Waals surface area contributed by atoms with Crippen LogP contribution in [0, 0.1) is 5.92 Å². The lowest BCUT2D eigenvalue weighted by Gasteiger charge is -2.18. The minimum Gasteiger partial charge on any atom is -0.357 e. The summed E-state index contributed by atoms with van der Waals surface area (Å²) in [5.41, 5.74) is 0. The molecule has 17 heavy (non-hydrogen) atoms. The van der Waals surface area contributed by atoms with Gasteiger partial charge in [-0.1, -0.05) is 32.9 Å². The van der Waals surface area contributed by atoms with E-state index in [1.165, 1.54) is 0 Å². The van der Waals surface area contributed by atoms with Crippen molar-refractivity contribution in [2.75, 3.05) is 12.4 Å². The van der Waals surface area contributed by atoms with Crippen molar-refractivity contribution in [1.82, 2.24) is 15.5 Å². The van der Waals surface area contributed by atoms with Gasteiger partial charge < -0.3 is 15.2 Å². The Morgan fingerprint density at radius 1 is 1.29 bits per heavy atom. The predicted octanol–water partition coefficient (Wildman–Crippen LogP) is 1.38. The second kappa shape index (κ2) is 5.65. The number of carbonyl (C=O) groups is 1. The van der Waals surface area contributed by atoms with Crippen LogP contribution in [-0.2, 0) is 4.79 Å². The first-order chi connectivity index (χ1) is 7.95. The first-order valence-electron chi connectivity index (χ1n) is 5.77. The van der Waals surface area contributed by atoms with Gasteiger partial charge in [0.15, 0.2) is 5.82 Å². The summed E-state index contributed by atoms with van der Waals surface area (Å²) < 4.78 is 5.05. The van der Waals surface area contributed by atoms with E-state index < -0.39 is 0 Å². The summed E-state index contributed by atoms with van der Waals surface area (Å²) in [6.07, 6.45) is 0. The molecule has 1 aromatic rings. The van der Waals surface area contributed by atoms with Gasteiger partial charge in [-0.3, -0.25) is 4.79 Å². The van der Waals surface area contributed by atoms with E-state index in [0.717, 1.165) is 0 Å². The van der Waals surface area contributed by atoms with Gasteiger partial charge in [0, 0.05) is 13.0 Å². The first kappa shape index (κ1) is 13.5. The van der Waals surface area contributed by atoms with Crippen molar-refractivity contribution >= 4 is 11.9 Å². The van der Waals surface area contributed by atoms with E-state index in [1.54, 1.807) is 7.05 Å². The zero-order chi connectivity index (χ0) is 13.0. The van der Waals surface area contributed by atoms with Crippen molar-refractivity contribution in [3.8, 4) is 0 Å². The molecule has 0 aliphatic heterocycles. The number of likely N-dealkylation sites (N-methyl/N-ethyl adjacent to an activating group) is 1. The number of aromatic nitrogens is 2. The summed E-state index contributed by atoms with van der Waals surface area (Å²) in [5, 5.41) is 9.39. The van der Waals surface area contributed by atoms with Gasteiger partial charge >= 0.3 is 6.01 Å². The predicted molar refractivity (Wildman–Crippen MR) is 64.7 cm³/mol. The molecule has 0 aromatic carbocycles. The van der Waals surface area contributed by atoms with Crippen LogP contribution in [-0.4, -0.2) is 29.1 Å². The Morgan fingerprint density at radius 2 is 1.94 bits per heavy atom. The van der Waals surface area contributed by atoms with E-state index in [0.29, 0.717) is 5.82 Å². The molecule has 0 spiro atoms. The molecule has 0 fully saturated rings. The summed E-state index contributed by atoms with van der Waals surface area (Å²) in [6.45, 7) is 7.86. The Morgan fingerprint density at radius 3 is 2.35 bits per heavy atom. The number of nitrogens with zero attached hydrogens (tertiary/aromatic N) is 2. The molecule has 0 aliphatic rings. The number of hydrogen-bond donors (Lipinski definition) is 2. The molecule has 1 unspecified atom stereocenters. The molecule has 6 heteroatoms. The van der Waals surface area contributed by atoms with Crippen molar-refractivity contribution in [1.29, 1.82) is 0 Å². The molecule has 0 aliphatic carbocycles. The molecule has 1 atom stereocenters. The number of anilines is 1. The molecule has 1 heterocycles. The summed E-state index contributed by atoms with van der Waals surface area (Å²) in [4.78, 5) is 15.8. The van der Waals surface area contributed by atoms with E-state index >= 15 is 0 Å². The van der Waals surface area contributed by atoms with Crippen molar-refractivity contribution in [2.45, 2.75) is 39.7 Å². The third-order valence-electron chi connectivity index (χ3n) is 2.43. The lowest BCUT2D eigenvalue weighted by atomic mass is 10.0. The minimum atomic E-state index is -0.375. The van der Waals surface area contributed by atoms with Crippen LogP contribution in [0.1, 0.15) is 39.4 Å². The fraction of sp³-hybridized carbons (Fsp3) is 0.727. The summed E-state index contributed by atoms with van der Waals surface area (Å²) >= 11 is 0. The van der Waals surface area contributed by atoms with Gasteiger partial charge in [-0.25, -0.2) is 0 Å². The van der Waals surface area contributed by atoms with Crippen molar-refractivity contribution < 1.29 is 9.32 Å². The fourth-order valence-electron chi connectivity index (χ4n) is 1.35. The Bertz CT molecular complexity index is 373. The highest BCUT2D eigenvalue weighted by molar-refractivity contribution is 5.84. The van der Waals surface area contributed by atoms with Crippen LogP contribution in [0.5, 0.6) is 0 Å². The maximum absolute atomic E-state index is 11.6. The topological polar surface area (TPSA) is 80.0 Å². The highest BCUT2D eigenvalue weighted by Crippen LogP contribution is 2.15.